The standard InChI is InChI=1S/C23H19ClF2N6O/c1-28-9-14-8-17(6-7-18(14)27)32-12-15-10-29-23(30-11-19(25)26)31-21(15)20(22(32)33)13-2-4-16(24)5-3-13/h2-10,12,19H,11,27H2,1H3,(H,30,31). The third-order valence-corrected chi connectivity index (χ3v) is 5.17. The number of fused-ring (bicyclic) bond motifs is 1. The Morgan fingerprint density at radius 3 is 2.70 bits per heavy atom. The van der Waals surface area contributed by atoms with Crippen molar-refractivity contribution < 1.29 is 8.78 Å². The molecule has 0 aliphatic heterocycles. The molecule has 0 saturated carbocycles. The number of pyridine rings is 1. The van der Waals surface area contributed by atoms with Crippen LogP contribution in [0.4, 0.5) is 20.4 Å². The first kappa shape index (κ1) is 22.3. The summed E-state index contributed by atoms with van der Waals surface area (Å²) in [6.45, 7) is -0.605. The summed E-state index contributed by atoms with van der Waals surface area (Å²) in [4.78, 5) is 26.1. The van der Waals surface area contributed by atoms with Gasteiger partial charge in [0.05, 0.1) is 17.6 Å². The molecular formula is C23H19ClF2N6O. The molecule has 7 nitrogen and oxygen atoms in total. The van der Waals surface area contributed by atoms with Gasteiger partial charge in [-0.2, -0.15) is 0 Å². The highest BCUT2D eigenvalue weighted by atomic mass is 35.5. The van der Waals surface area contributed by atoms with Crippen molar-refractivity contribution in [3.05, 3.63) is 75.8 Å². The van der Waals surface area contributed by atoms with Gasteiger partial charge in [0.2, 0.25) is 5.95 Å². The molecule has 2 aromatic heterocycles. The molecule has 10 heteroatoms. The van der Waals surface area contributed by atoms with Crippen molar-refractivity contribution >= 4 is 40.4 Å². The summed E-state index contributed by atoms with van der Waals surface area (Å²) in [6, 6.07) is 11.9. The van der Waals surface area contributed by atoms with Crippen LogP contribution in [0.25, 0.3) is 27.7 Å². The van der Waals surface area contributed by atoms with Crippen molar-refractivity contribution in [1.29, 1.82) is 0 Å². The minimum Gasteiger partial charge on any atom is -0.398 e. The fourth-order valence-corrected chi connectivity index (χ4v) is 3.52. The van der Waals surface area contributed by atoms with Gasteiger partial charge in [0.1, 0.15) is 0 Å². The average Bonchev–Trinajstić information content (AvgIpc) is 2.80. The van der Waals surface area contributed by atoms with Crippen LogP contribution in [0.2, 0.25) is 5.02 Å². The topological polar surface area (TPSA) is 98.2 Å². The Bertz CT molecular complexity index is 1400. The molecule has 0 fully saturated rings. The maximum Gasteiger partial charge on any atom is 0.265 e. The first-order chi connectivity index (χ1) is 15.9. The molecular weight excluding hydrogens is 450 g/mol. The number of aliphatic imine (C=N–C) groups is 1. The molecule has 4 aromatic rings. The maximum atomic E-state index is 13.7. The second-order valence-electron chi connectivity index (χ2n) is 7.16. The summed E-state index contributed by atoms with van der Waals surface area (Å²) in [6.07, 6.45) is 2.12. The van der Waals surface area contributed by atoms with Crippen molar-refractivity contribution in [2.75, 3.05) is 24.6 Å². The zero-order valence-electron chi connectivity index (χ0n) is 17.5. The van der Waals surface area contributed by atoms with Crippen LogP contribution in [0.5, 0.6) is 0 Å². The lowest BCUT2D eigenvalue weighted by atomic mass is 10.0. The zero-order valence-corrected chi connectivity index (χ0v) is 18.2. The average molecular weight is 469 g/mol. The Balaban J connectivity index is 1.98. The normalized spacial score (nSPS) is 11.5. The van der Waals surface area contributed by atoms with E-state index in [-0.39, 0.29) is 17.1 Å². The number of anilines is 2. The number of benzene rings is 2. The minimum absolute atomic E-state index is 0.00379. The molecule has 168 valence electrons. The molecule has 0 saturated heterocycles. The predicted octanol–water partition coefficient (Wildman–Crippen LogP) is 4.41. The van der Waals surface area contributed by atoms with Gasteiger partial charge in [-0.15, -0.1) is 0 Å². The van der Waals surface area contributed by atoms with Crippen LogP contribution in [0.1, 0.15) is 5.56 Å². The van der Waals surface area contributed by atoms with E-state index in [0.29, 0.717) is 38.4 Å². The van der Waals surface area contributed by atoms with Crippen molar-refractivity contribution in [2.45, 2.75) is 6.43 Å². The third-order valence-electron chi connectivity index (χ3n) is 4.92. The fraction of sp³-hybridized carbons (Fsp3) is 0.130. The molecule has 0 amide bonds. The molecule has 0 bridgehead atoms. The lowest BCUT2D eigenvalue weighted by Gasteiger charge is -2.14. The largest absolute Gasteiger partial charge is 0.398 e. The number of nitrogens with one attached hydrogen (secondary N) is 1. The predicted molar refractivity (Wildman–Crippen MR) is 128 cm³/mol. The van der Waals surface area contributed by atoms with Gasteiger partial charge >= 0.3 is 0 Å². The van der Waals surface area contributed by atoms with Crippen molar-refractivity contribution in [3.63, 3.8) is 0 Å². The van der Waals surface area contributed by atoms with E-state index < -0.39 is 13.0 Å². The molecule has 0 aliphatic rings. The first-order valence-electron chi connectivity index (χ1n) is 9.90. The molecule has 3 N–H and O–H groups in total. The Labute approximate surface area is 192 Å². The van der Waals surface area contributed by atoms with Gasteiger partial charge in [-0.05, 0) is 35.9 Å². The number of nitrogen functional groups attached to an aromatic ring is 1. The van der Waals surface area contributed by atoms with E-state index in [1.165, 1.54) is 10.8 Å². The highest BCUT2D eigenvalue weighted by Gasteiger charge is 2.17. The van der Waals surface area contributed by atoms with E-state index in [1.807, 2.05) is 0 Å². The van der Waals surface area contributed by atoms with Gasteiger partial charge < -0.3 is 11.1 Å². The minimum atomic E-state index is -2.57. The molecule has 0 unspecified atom stereocenters. The van der Waals surface area contributed by atoms with E-state index in [1.54, 1.807) is 61.9 Å². The SMILES string of the molecule is CN=Cc1cc(-n2cc3cnc(NCC(F)F)nc3c(-c3ccc(Cl)cc3)c2=O)ccc1N. The number of hydrogen-bond donors (Lipinski definition) is 2. The summed E-state index contributed by atoms with van der Waals surface area (Å²) in [5.41, 5.74) is 8.61. The lowest BCUT2D eigenvalue weighted by molar-refractivity contribution is 0.163. The summed E-state index contributed by atoms with van der Waals surface area (Å²) >= 11 is 6.03. The summed E-state index contributed by atoms with van der Waals surface area (Å²) in [5, 5.41) is 3.54. The second-order valence-corrected chi connectivity index (χ2v) is 7.59. The quantitative estimate of drug-likeness (QED) is 0.322. The number of nitrogens with two attached hydrogens (primary N) is 1. The van der Waals surface area contributed by atoms with Crippen LogP contribution in [0.15, 0.2) is 64.6 Å². The summed E-state index contributed by atoms with van der Waals surface area (Å²) in [7, 11) is 1.63. The van der Waals surface area contributed by atoms with Crippen LogP contribution in [0, 0.1) is 0 Å². The first-order valence-corrected chi connectivity index (χ1v) is 10.3. The molecule has 33 heavy (non-hydrogen) atoms. The zero-order chi connectivity index (χ0) is 23.5. The third kappa shape index (κ3) is 4.68. The van der Waals surface area contributed by atoms with Crippen LogP contribution < -0.4 is 16.6 Å². The fourth-order valence-electron chi connectivity index (χ4n) is 3.39. The maximum absolute atomic E-state index is 13.7. The lowest BCUT2D eigenvalue weighted by Crippen LogP contribution is -2.21. The number of aromatic nitrogens is 3. The monoisotopic (exact) mass is 468 g/mol. The van der Waals surface area contributed by atoms with Gasteiger partial charge in [-0.3, -0.25) is 14.4 Å². The Morgan fingerprint density at radius 1 is 1.24 bits per heavy atom. The smallest absolute Gasteiger partial charge is 0.265 e. The molecule has 2 heterocycles. The molecule has 4 rings (SSSR count). The van der Waals surface area contributed by atoms with Crippen LogP contribution in [0.3, 0.4) is 0 Å². The molecule has 0 radical (unpaired) electrons. The van der Waals surface area contributed by atoms with Crippen molar-refractivity contribution in [1.82, 2.24) is 14.5 Å². The summed E-state index contributed by atoms with van der Waals surface area (Å²) in [5.74, 6) is 0.00379. The van der Waals surface area contributed by atoms with Gasteiger partial charge in [0.25, 0.3) is 12.0 Å². The molecule has 2 aromatic carbocycles. The number of halogens is 3. The van der Waals surface area contributed by atoms with Gasteiger partial charge in [-0.25, -0.2) is 18.7 Å². The van der Waals surface area contributed by atoms with E-state index in [4.69, 9.17) is 17.3 Å². The molecule has 0 aliphatic carbocycles. The van der Waals surface area contributed by atoms with E-state index in [9.17, 15) is 13.6 Å². The van der Waals surface area contributed by atoms with E-state index in [0.717, 1.165) is 0 Å². The van der Waals surface area contributed by atoms with Gasteiger partial charge in [0, 0.05) is 53.0 Å². The van der Waals surface area contributed by atoms with Gasteiger partial charge in [-0.1, -0.05) is 23.7 Å². The highest BCUT2D eigenvalue weighted by molar-refractivity contribution is 6.30. The van der Waals surface area contributed by atoms with Crippen LogP contribution in [-0.4, -0.2) is 40.8 Å². The summed E-state index contributed by atoms with van der Waals surface area (Å²) < 4.78 is 26.7. The molecule has 0 spiro atoms. The number of rotatable bonds is 6. The van der Waals surface area contributed by atoms with E-state index in [2.05, 4.69) is 20.3 Å². The van der Waals surface area contributed by atoms with E-state index >= 15 is 0 Å². The van der Waals surface area contributed by atoms with Crippen LogP contribution in [-0.2, 0) is 0 Å². The second kappa shape index (κ2) is 9.33. The van der Waals surface area contributed by atoms with Crippen molar-refractivity contribution in [3.8, 4) is 16.8 Å². The number of alkyl halides is 2. The van der Waals surface area contributed by atoms with Crippen molar-refractivity contribution in [2.24, 2.45) is 4.99 Å². The van der Waals surface area contributed by atoms with Crippen LogP contribution >= 0.6 is 11.6 Å². The number of hydrogen-bond acceptors (Lipinski definition) is 6. The highest BCUT2D eigenvalue weighted by Crippen LogP contribution is 2.27. The number of nitrogens with zero attached hydrogens (tertiary/aromatic N) is 4. The Hall–Kier alpha value is -3.85. The Kier molecular flexibility index (Phi) is 6.32. The Morgan fingerprint density at radius 2 is 2.00 bits per heavy atom. The molecule has 0 atom stereocenters. The van der Waals surface area contributed by atoms with Gasteiger partial charge in [0.15, 0.2) is 0 Å².